The predicted octanol–water partition coefficient (Wildman–Crippen LogP) is 3.39. The van der Waals surface area contributed by atoms with Gasteiger partial charge in [-0.2, -0.15) is 10.1 Å². The van der Waals surface area contributed by atoms with Crippen LogP contribution in [0.3, 0.4) is 0 Å². The zero-order chi connectivity index (χ0) is 26.2. The highest BCUT2D eigenvalue weighted by atomic mass is 16.3. The van der Waals surface area contributed by atoms with Gasteiger partial charge in [0.15, 0.2) is 5.78 Å². The number of carbonyl (C=O) groups excluding carboxylic acids is 1. The fourth-order valence-electron chi connectivity index (χ4n) is 5.40. The standard InChI is InChI=1S/C27H35N7O3/c1-17-6-4-5-13-34(17)26-30-21-16-28-32-25(36)22(21)24(31-26)29-19-7-9-20(10-8-19)33-14-11-18(12-15-33)23(35)27(2,3)37/h7-10,16-18,37H,4-6,11-15H2,1-3H3,(H,32,36)(H,29,30,31)/t17-/m0/s1. The van der Waals surface area contributed by atoms with Gasteiger partial charge < -0.3 is 20.2 Å². The van der Waals surface area contributed by atoms with Crippen LogP contribution in [0.15, 0.2) is 35.3 Å². The van der Waals surface area contributed by atoms with Crippen molar-refractivity contribution in [2.45, 2.75) is 64.5 Å². The van der Waals surface area contributed by atoms with Crippen LogP contribution in [-0.4, -0.2) is 62.3 Å². The maximum absolute atomic E-state index is 12.6. The highest BCUT2D eigenvalue weighted by Gasteiger charge is 2.33. The second-order valence-electron chi connectivity index (χ2n) is 10.7. The Bertz CT molecular complexity index is 1320. The number of anilines is 4. The first-order valence-corrected chi connectivity index (χ1v) is 13.1. The molecule has 0 saturated carbocycles. The number of fused-ring (bicyclic) bond motifs is 1. The summed E-state index contributed by atoms with van der Waals surface area (Å²) in [7, 11) is 0. The molecule has 4 heterocycles. The lowest BCUT2D eigenvalue weighted by Crippen LogP contribution is -2.43. The monoisotopic (exact) mass is 505 g/mol. The van der Waals surface area contributed by atoms with E-state index in [9.17, 15) is 14.7 Å². The fraction of sp³-hybridized carbons (Fsp3) is 0.519. The van der Waals surface area contributed by atoms with Crippen molar-refractivity contribution in [3.63, 3.8) is 0 Å². The van der Waals surface area contributed by atoms with E-state index in [2.05, 4.69) is 37.2 Å². The summed E-state index contributed by atoms with van der Waals surface area (Å²) < 4.78 is 0. The molecule has 1 aromatic carbocycles. The zero-order valence-electron chi connectivity index (χ0n) is 21.7. The molecule has 2 fully saturated rings. The predicted molar refractivity (Wildman–Crippen MR) is 145 cm³/mol. The van der Waals surface area contributed by atoms with Crippen LogP contribution in [0.25, 0.3) is 10.9 Å². The third-order valence-corrected chi connectivity index (χ3v) is 7.53. The van der Waals surface area contributed by atoms with E-state index in [1.807, 2.05) is 24.3 Å². The second kappa shape index (κ2) is 10.1. The van der Waals surface area contributed by atoms with E-state index in [1.165, 1.54) is 6.42 Å². The van der Waals surface area contributed by atoms with Crippen molar-refractivity contribution in [1.29, 1.82) is 0 Å². The number of aromatic amines is 1. The van der Waals surface area contributed by atoms with E-state index in [1.54, 1.807) is 20.0 Å². The third-order valence-electron chi connectivity index (χ3n) is 7.53. The highest BCUT2D eigenvalue weighted by Crippen LogP contribution is 2.30. The number of carbonyl (C=O) groups is 1. The molecule has 2 aliphatic rings. The third kappa shape index (κ3) is 5.29. The van der Waals surface area contributed by atoms with E-state index < -0.39 is 5.60 Å². The van der Waals surface area contributed by atoms with Crippen molar-refractivity contribution < 1.29 is 9.90 Å². The van der Waals surface area contributed by atoms with E-state index in [0.717, 1.165) is 56.7 Å². The lowest BCUT2D eigenvalue weighted by molar-refractivity contribution is -0.139. The molecular formula is C27H35N7O3. The average molecular weight is 506 g/mol. The SMILES string of the molecule is C[C@H]1CCCCN1c1nc(Nc2ccc(N3CCC(C(=O)C(C)(C)O)CC3)cc2)c2c(=O)[nH]ncc2n1. The van der Waals surface area contributed by atoms with Gasteiger partial charge in [0.1, 0.15) is 22.3 Å². The van der Waals surface area contributed by atoms with Crippen molar-refractivity contribution in [2.75, 3.05) is 34.8 Å². The molecule has 0 amide bonds. The van der Waals surface area contributed by atoms with Crippen LogP contribution in [0, 0.1) is 5.92 Å². The molecule has 2 saturated heterocycles. The highest BCUT2D eigenvalue weighted by molar-refractivity contribution is 5.90. The number of piperidine rings is 2. The summed E-state index contributed by atoms with van der Waals surface area (Å²) in [6.07, 6.45) is 6.39. The van der Waals surface area contributed by atoms with Crippen molar-refractivity contribution in [3.05, 3.63) is 40.8 Å². The first kappa shape index (κ1) is 25.1. The number of benzene rings is 1. The molecule has 5 rings (SSSR count). The molecular weight excluding hydrogens is 470 g/mol. The molecule has 10 nitrogen and oxygen atoms in total. The van der Waals surface area contributed by atoms with Gasteiger partial charge in [-0.15, -0.1) is 0 Å². The lowest BCUT2D eigenvalue weighted by atomic mass is 9.85. The number of nitrogens with zero attached hydrogens (tertiary/aromatic N) is 5. The van der Waals surface area contributed by atoms with E-state index in [4.69, 9.17) is 4.98 Å². The minimum Gasteiger partial charge on any atom is -0.383 e. The molecule has 2 aliphatic heterocycles. The number of Topliss-reactive ketones (excluding diaryl/α,β-unsaturated/α-hetero) is 1. The minimum absolute atomic E-state index is 0.0766. The Balaban J connectivity index is 1.35. The molecule has 0 spiro atoms. The summed E-state index contributed by atoms with van der Waals surface area (Å²) >= 11 is 0. The lowest BCUT2D eigenvalue weighted by Gasteiger charge is -2.35. The molecule has 1 atom stereocenters. The molecule has 0 unspecified atom stereocenters. The quantitative estimate of drug-likeness (QED) is 0.462. The number of nitrogens with one attached hydrogen (secondary N) is 2. The maximum atomic E-state index is 12.6. The second-order valence-corrected chi connectivity index (χ2v) is 10.7. The van der Waals surface area contributed by atoms with E-state index in [0.29, 0.717) is 28.7 Å². The van der Waals surface area contributed by atoms with Gasteiger partial charge in [-0.3, -0.25) is 9.59 Å². The molecule has 3 aromatic rings. The number of hydrogen-bond donors (Lipinski definition) is 3. The van der Waals surface area contributed by atoms with Crippen LogP contribution >= 0.6 is 0 Å². The average Bonchev–Trinajstić information content (AvgIpc) is 2.88. The van der Waals surface area contributed by atoms with Crippen LogP contribution in [0.5, 0.6) is 0 Å². The van der Waals surface area contributed by atoms with Gasteiger partial charge in [0.05, 0.1) is 6.20 Å². The van der Waals surface area contributed by atoms with Crippen LogP contribution in [0.1, 0.15) is 52.9 Å². The topological polar surface area (TPSA) is 127 Å². The van der Waals surface area contributed by atoms with Crippen LogP contribution in [0.2, 0.25) is 0 Å². The number of aliphatic hydroxyl groups is 1. The largest absolute Gasteiger partial charge is 0.383 e. The Morgan fingerprint density at radius 1 is 1.08 bits per heavy atom. The fourth-order valence-corrected chi connectivity index (χ4v) is 5.40. The zero-order valence-corrected chi connectivity index (χ0v) is 21.7. The van der Waals surface area contributed by atoms with Gasteiger partial charge in [0.25, 0.3) is 5.56 Å². The van der Waals surface area contributed by atoms with Crippen molar-refractivity contribution in [1.82, 2.24) is 20.2 Å². The summed E-state index contributed by atoms with van der Waals surface area (Å²) in [5, 5.41) is 20.2. The molecule has 10 heteroatoms. The van der Waals surface area contributed by atoms with Gasteiger partial charge in [0.2, 0.25) is 5.95 Å². The minimum atomic E-state index is -1.28. The maximum Gasteiger partial charge on any atom is 0.277 e. The molecule has 3 N–H and O–H groups in total. The van der Waals surface area contributed by atoms with Crippen LogP contribution in [-0.2, 0) is 4.79 Å². The molecule has 0 aliphatic carbocycles. The first-order chi connectivity index (χ1) is 17.7. The van der Waals surface area contributed by atoms with Crippen molar-refractivity contribution in [2.24, 2.45) is 5.92 Å². The van der Waals surface area contributed by atoms with Gasteiger partial charge in [-0.05, 0) is 77.1 Å². The number of rotatable bonds is 6. The number of H-pyrrole nitrogens is 1. The van der Waals surface area contributed by atoms with Crippen molar-refractivity contribution >= 4 is 39.8 Å². The summed E-state index contributed by atoms with van der Waals surface area (Å²) in [5.41, 5.74) is 0.768. The summed E-state index contributed by atoms with van der Waals surface area (Å²) in [4.78, 5) is 39.0. The van der Waals surface area contributed by atoms with Gasteiger partial charge in [-0.25, -0.2) is 10.1 Å². The molecule has 196 valence electrons. The summed E-state index contributed by atoms with van der Waals surface area (Å²) in [5.74, 6) is 0.884. The Morgan fingerprint density at radius 3 is 2.49 bits per heavy atom. The van der Waals surface area contributed by atoms with Crippen molar-refractivity contribution in [3.8, 4) is 0 Å². The molecule has 37 heavy (non-hydrogen) atoms. The Kier molecular flexibility index (Phi) is 6.85. The Morgan fingerprint density at radius 2 is 1.81 bits per heavy atom. The van der Waals surface area contributed by atoms with Crippen LogP contribution in [0.4, 0.5) is 23.1 Å². The molecule has 0 radical (unpaired) electrons. The Labute approximate surface area is 216 Å². The number of ketones is 1. The Hall–Kier alpha value is -3.53. The van der Waals surface area contributed by atoms with E-state index >= 15 is 0 Å². The van der Waals surface area contributed by atoms with Gasteiger partial charge in [0, 0.05) is 43.0 Å². The number of hydrogen-bond acceptors (Lipinski definition) is 9. The smallest absolute Gasteiger partial charge is 0.277 e. The summed E-state index contributed by atoms with van der Waals surface area (Å²) in [6.45, 7) is 7.71. The summed E-state index contributed by atoms with van der Waals surface area (Å²) in [6, 6.07) is 8.33. The first-order valence-electron chi connectivity index (χ1n) is 13.1. The van der Waals surface area contributed by atoms with E-state index in [-0.39, 0.29) is 17.3 Å². The van der Waals surface area contributed by atoms with Crippen LogP contribution < -0.4 is 20.7 Å². The molecule has 0 bridgehead atoms. The van der Waals surface area contributed by atoms with Gasteiger partial charge >= 0.3 is 0 Å². The normalized spacial score (nSPS) is 19.3. The van der Waals surface area contributed by atoms with Gasteiger partial charge in [-0.1, -0.05) is 0 Å². The molecule has 2 aromatic heterocycles. The number of aromatic nitrogens is 4.